The molecule has 1 aliphatic rings. The summed E-state index contributed by atoms with van der Waals surface area (Å²) in [6, 6.07) is 3.96. The highest BCUT2D eigenvalue weighted by Gasteiger charge is 2.46. The Labute approximate surface area is 121 Å². The average molecular weight is 298 g/mol. The summed E-state index contributed by atoms with van der Waals surface area (Å²) >= 11 is 0. The Morgan fingerprint density at radius 2 is 1.60 bits per heavy atom. The first-order chi connectivity index (χ1) is 9.62. The van der Waals surface area contributed by atoms with Gasteiger partial charge in [-0.15, -0.1) is 0 Å². The summed E-state index contributed by atoms with van der Waals surface area (Å²) < 4.78 is 23.8. The van der Waals surface area contributed by atoms with Gasteiger partial charge < -0.3 is 9.05 Å². The predicted octanol–water partition coefficient (Wildman–Crippen LogP) is 3.86. The third kappa shape index (κ3) is 4.06. The van der Waals surface area contributed by atoms with E-state index in [1.54, 1.807) is 13.8 Å². The van der Waals surface area contributed by atoms with Crippen molar-refractivity contribution in [3.63, 3.8) is 0 Å². The van der Waals surface area contributed by atoms with Crippen molar-refractivity contribution < 1.29 is 13.6 Å². The van der Waals surface area contributed by atoms with E-state index in [0.717, 1.165) is 32.1 Å². The highest BCUT2D eigenvalue weighted by Crippen LogP contribution is 2.59. The van der Waals surface area contributed by atoms with Crippen LogP contribution in [0.2, 0.25) is 0 Å². The molecule has 0 aliphatic heterocycles. The number of nitrogens with zero attached hydrogens (tertiary/aromatic N) is 2. The van der Waals surface area contributed by atoms with Crippen LogP contribution >= 0.6 is 7.60 Å². The Morgan fingerprint density at radius 1 is 1.10 bits per heavy atom. The van der Waals surface area contributed by atoms with E-state index in [0.29, 0.717) is 0 Å². The van der Waals surface area contributed by atoms with Gasteiger partial charge in [0.05, 0.1) is 31.0 Å². The molecule has 1 saturated carbocycles. The van der Waals surface area contributed by atoms with Crippen molar-refractivity contribution in [2.45, 2.75) is 51.6 Å². The van der Waals surface area contributed by atoms with Crippen LogP contribution in [-0.2, 0) is 13.6 Å². The minimum atomic E-state index is -3.43. The van der Waals surface area contributed by atoms with Gasteiger partial charge in [-0.2, -0.15) is 10.5 Å². The van der Waals surface area contributed by atoms with Crippen LogP contribution < -0.4 is 0 Å². The minimum Gasteiger partial charge on any atom is -0.309 e. The van der Waals surface area contributed by atoms with Crippen molar-refractivity contribution in [1.82, 2.24) is 0 Å². The topological polar surface area (TPSA) is 83.1 Å². The molecular formula is C14H23N2O3P. The van der Waals surface area contributed by atoms with E-state index in [4.69, 9.17) is 9.05 Å². The van der Waals surface area contributed by atoms with Crippen LogP contribution in [0, 0.1) is 34.5 Å². The Balaban J connectivity index is 3.10. The van der Waals surface area contributed by atoms with Crippen LogP contribution in [-0.4, -0.2) is 18.9 Å². The largest absolute Gasteiger partial charge is 0.336 e. The van der Waals surface area contributed by atoms with Gasteiger partial charge in [0.15, 0.2) is 0 Å². The number of nitriles is 2. The fraction of sp³-hybridized carbons (Fsp3) is 0.857. The molecule has 5 nitrogen and oxygen atoms in total. The van der Waals surface area contributed by atoms with Crippen molar-refractivity contribution in [2.24, 2.45) is 11.8 Å². The third-order valence-electron chi connectivity index (χ3n) is 3.74. The van der Waals surface area contributed by atoms with E-state index in [-0.39, 0.29) is 19.1 Å². The SMILES string of the molecule is CCOP(=O)(OCC)C(C(C#N)C#N)C1CCCCC1. The van der Waals surface area contributed by atoms with E-state index in [9.17, 15) is 15.1 Å². The molecule has 112 valence electrons. The Morgan fingerprint density at radius 3 is 2.00 bits per heavy atom. The second-order valence-electron chi connectivity index (χ2n) is 5.00. The highest BCUT2D eigenvalue weighted by atomic mass is 31.2. The van der Waals surface area contributed by atoms with E-state index < -0.39 is 19.2 Å². The fourth-order valence-electron chi connectivity index (χ4n) is 2.94. The molecule has 1 unspecified atom stereocenters. The van der Waals surface area contributed by atoms with Gasteiger partial charge in [-0.25, -0.2) is 0 Å². The molecular weight excluding hydrogens is 275 g/mol. The van der Waals surface area contributed by atoms with E-state index in [2.05, 4.69) is 0 Å². The molecule has 0 bridgehead atoms. The van der Waals surface area contributed by atoms with Crippen LogP contribution in [0.25, 0.3) is 0 Å². The Bertz CT molecular complexity index is 397. The number of hydrogen-bond acceptors (Lipinski definition) is 5. The second-order valence-corrected chi connectivity index (χ2v) is 7.19. The summed E-state index contributed by atoms with van der Waals surface area (Å²) in [4.78, 5) is 0. The van der Waals surface area contributed by atoms with Gasteiger partial charge in [0, 0.05) is 0 Å². The predicted molar refractivity (Wildman–Crippen MR) is 75.9 cm³/mol. The van der Waals surface area contributed by atoms with E-state index >= 15 is 0 Å². The van der Waals surface area contributed by atoms with Gasteiger partial charge >= 0.3 is 7.60 Å². The summed E-state index contributed by atoms with van der Waals surface area (Å²) in [6.07, 6.45) is 5.01. The van der Waals surface area contributed by atoms with Crippen LogP contribution in [0.5, 0.6) is 0 Å². The maximum absolute atomic E-state index is 13.0. The maximum atomic E-state index is 13.0. The average Bonchev–Trinajstić information content (AvgIpc) is 2.45. The molecule has 0 saturated heterocycles. The van der Waals surface area contributed by atoms with Gasteiger partial charge in [-0.05, 0) is 32.6 Å². The summed E-state index contributed by atoms with van der Waals surface area (Å²) in [6.45, 7) is 4.00. The second kappa shape index (κ2) is 8.42. The van der Waals surface area contributed by atoms with E-state index in [1.807, 2.05) is 12.1 Å². The molecule has 0 heterocycles. The zero-order valence-corrected chi connectivity index (χ0v) is 13.1. The first kappa shape index (κ1) is 17.2. The first-order valence-corrected chi connectivity index (χ1v) is 8.92. The molecule has 1 atom stereocenters. The van der Waals surface area contributed by atoms with Gasteiger partial charge in [0.2, 0.25) is 0 Å². The molecule has 0 spiro atoms. The lowest BCUT2D eigenvalue weighted by atomic mass is 9.83. The van der Waals surface area contributed by atoms with Gasteiger partial charge in [-0.1, -0.05) is 19.3 Å². The molecule has 1 rings (SSSR count). The lowest BCUT2D eigenvalue weighted by molar-refractivity contribution is 0.190. The van der Waals surface area contributed by atoms with Crippen LogP contribution in [0.15, 0.2) is 0 Å². The number of hydrogen-bond donors (Lipinski definition) is 0. The van der Waals surface area contributed by atoms with Crippen molar-refractivity contribution >= 4 is 7.60 Å². The lowest BCUT2D eigenvalue weighted by Gasteiger charge is -2.34. The van der Waals surface area contributed by atoms with Gasteiger partial charge in [0.1, 0.15) is 5.92 Å². The smallest absolute Gasteiger partial charge is 0.309 e. The van der Waals surface area contributed by atoms with E-state index in [1.165, 1.54) is 0 Å². The molecule has 1 aliphatic carbocycles. The van der Waals surface area contributed by atoms with Gasteiger partial charge in [0.25, 0.3) is 0 Å². The molecule has 1 fully saturated rings. The zero-order valence-electron chi connectivity index (χ0n) is 12.2. The minimum absolute atomic E-state index is 0.0667. The molecule has 0 radical (unpaired) electrons. The van der Waals surface area contributed by atoms with Crippen molar-refractivity contribution in [2.75, 3.05) is 13.2 Å². The first-order valence-electron chi connectivity index (χ1n) is 7.31. The molecule has 0 aromatic carbocycles. The fourth-order valence-corrected chi connectivity index (χ4v) is 5.39. The maximum Gasteiger partial charge on any atom is 0.336 e. The molecule has 6 heteroatoms. The summed E-state index contributed by atoms with van der Waals surface area (Å²) in [7, 11) is -3.43. The number of rotatable bonds is 7. The Kier molecular flexibility index (Phi) is 7.24. The highest BCUT2D eigenvalue weighted by molar-refractivity contribution is 7.54. The third-order valence-corrected chi connectivity index (χ3v) is 6.42. The quantitative estimate of drug-likeness (QED) is 0.666. The zero-order chi connectivity index (χ0) is 15.0. The van der Waals surface area contributed by atoms with Gasteiger partial charge in [-0.3, -0.25) is 4.57 Å². The van der Waals surface area contributed by atoms with Crippen molar-refractivity contribution in [3.05, 3.63) is 0 Å². The molecule has 20 heavy (non-hydrogen) atoms. The standard InChI is InChI=1S/C14H23N2O3P/c1-3-18-20(17,19-4-2)14(13(10-15)11-16)12-8-6-5-7-9-12/h12-14H,3-9H2,1-2H3. The Hall–Kier alpha value is -0.870. The summed E-state index contributed by atoms with van der Waals surface area (Å²) in [5, 5.41) is 18.4. The summed E-state index contributed by atoms with van der Waals surface area (Å²) in [5.74, 6) is -0.876. The van der Waals surface area contributed by atoms with Crippen molar-refractivity contribution in [3.8, 4) is 12.1 Å². The normalized spacial score (nSPS) is 18.4. The molecule has 0 N–H and O–H groups in total. The summed E-state index contributed by atoms with van der Waals surface area (Å²) in [5.41, 5.74) is -0.627. The van der Waals surface area contributed by atoms with Crippen LogP contribution in [0.4, 0.5) is 0 Å². The molecule has 0 aromatic heterocycles. The molecule has 0 amide bonds. The lowest BCUT2D eigenvalue weighted by Crippen LogP contribution is -2.31. The van der Waals surface area contributed by atoms with Crippen LogP contribution in [0.3, 0.4) is 0 Å². The molecule has 0 aromatic rings. The van der Waals surface area contributed by atoms with Crippen molar-refractivity contribution in [1.29, 1.82) is 10.5 Å². The van der Waals surface area contributed by atoms with Crippen LogP contribution in [0.1, 0.15) is 46.0 Å². The monoisotopic (exact) mass is 298 g/mol.